The molecule has 4 aromatic carbocycles. The van der Waals surface area contributed by atoms with Gasteiger partial charge in [-0.25, -0.2) is 4.90 Å². The Balaban J connectivity index is 1.31. The van der Waals surface area contributed by atoms with Crippen molar-refractivity contribution < 1.29 is 14.4 Å². The van der Waals surface area contributed by atoms with Crippen LogP contribution in [0.5, 0.6) is 0 Å². The first-order chi connectivity index (χ1) is 16.0. The van der Waals surface area contributed by atoms with Gasteiger partial charge in [0.25, 0.3) is 11.8 Å². The minimum Gasteiger partial charge on any atom is -0.325 e. The molecule has 162 valence electrons. The second kappa shape index (κ2) is 8.56. The van der Waals surface area contributed by atoms with Crippen molar-refractivity contribution in [1.82, 2.24) is 0 Å². The molecule has 3 amide bonds. The molecule has 1 N–H and O–H groups in total. The molecule has 0 unspecified atom stereocenters. The Hall–Kier alpha value is -3.90. The average molecular weight is 453 g/mol. The Morgan fingerprint density at radius 1 is 0.818 bits per heavy atom. The van der Waals surface area contributed by atoms with Crippen LogP contribution in [0.1, 0.15) is 26.3 Å². The van der Waals surface area contributed by atoms with Crippen molar-refractivity contribution in [3.8, 4) is 0 Å². The molecule has 0 atom stereocenters. The van der Waals surface area contributed by atoms with E-state index >= 15 is 0 Å². The van der Waals surface area contributed by atoms with E-state index in [0.29, 0.717) is 27.9 Å². The number of imide groups is 1. The lowest BCUT2D eigenvalue weighted by atomic mass is 9.94. The number of nitrogens with one attached hydrogen (secondary N) is 1. The van der Waals surface area contributed by atoms with Crippen LogP contribution in [0.3, 0.4) is 0 Å². The fourth-order valence-corrected chi connectivity index (χ4v) is 4.64. The number of nitrogens with zero attached hydrogens (tertiary/aromatic N) is 1. The molecule has 0 bridgehead atoms. The fraction of sp³-hybridized carbons (Fsp3) is 0.0741. The largest absolute Gasteiger partial charge is 0.325 e. The third-order valence-corrected chi connectivity index (χ3v) is 6.58. The van der Waals surface area contributed by atoms with Gasteiger partial charge in [0.1, 0.15) is 0 Å². The number of thioether (sulfide) groups is 1. The summed E-state index contributed by atoms with van der Waals surface area (Å²) in [5, 5.41) is 4.42. The minimum atomic E-state index is -0.351. The van der Waals surface area contributed by atoms with E-state index < -0.39 is 0 Å². The predicted octanol–water partition coefficient (Wildman–Crippen LogP) is 5.68. The Kier molecular flexibility index (Phi) is 5.44. The van der Waals surface area contributed by atoms with Gasteiger partial charge in [0.05, 0.1) is 11.4 Å². The molecule has 5 rings (SSSR count). The lowest BCUT2D eigenvalue weighted by Gasteiger charge is -2.27. The highest BCUT2D eigenvalue weighted by atomic mass is 32.2. The summed E-state index contributed by atoms with van der Waals surface area (Å²) in [5.74, 6) is -0.542. The number of carbonyl (C=O) groups is 3. The predicted molar refractivity (Wildman–Crippen MR) is 132 cm³/mol. The second-order valence-corrected chi connectivity index (χ2v) is 8.90. The fourth-order valence-electron chi connectivity index (χ4n) is 3.94. The van der Waals surface area contributed by atoms with E-state index in [9.17, 15) is 14.4 Å². The van der Waals surface area contributed by atoms with E-state index in [-0.39, 0.29) is 23.5 Å². The van der Waals surface area contributed by atoms with Gasteiger partial charge in [-0.3, -0.25) is 14.4 Å². The van der Waals surface area contributed by atoms with Gasteiger partial charge in [0.15, 0.2) is 0 Å². The van der Waals surface area contributed by atoms with Crippen molar-refractivity contribution in [2.45, 2.75) is 11.8 Å². The molecule has 0 aromatic heterocycles. The zero-order valence-electron chi connectivity index (χ0n) is 17.9. The molecule has 0 spiro atoms. The average Bonchev–Trinajstić information content (AvgIpc) is 2.83. The smallest absolute Gasteiger partial charge is 0.265 e. The summed E-state index contributed by atoms with van der Waals surface area (Å²) in [4.78, 5) is 40.9. The van der Waals surface area contributed by atoms with Gasteiger partial charge < -0.3 is 5.32 Å². The van der Waals surface area contributed by atoms with Gasteiger partial charge in [0, 0.05) is 27.1 Å². The van der Waals surface area contributed by atoms with Crippen molar-refractivity contribution in [2.24, 2.45) is 0 Å². The van der Waals surface area contributed by atoms with Crippen LogP contribution >= 0.6 is 11.8 Å². The summed E-state index contributed by atoms with van der Waals surface area (Å²) in [7, 11) is 0. The minimum absolute atomic E-state index is 0.126. The molecule has 5 nitrogen and oxygen atoms in total. The van der Waals surface area contributed by atoms with Gasteiger partial charge in [-0.2, -0.15) is 0 Å². The number of rotatable bonds is 5. The van der Waals surface area contributed by atoms with E-state index in [1.165, 1.54) is 22.2 Å². The summed E-state index contributed by atoms with van der Waals surface area (Å²) in [6, 6.07) is 25.7. The number of amides is 3. The van der Waals surface area contributed by atoms with E-state index in [0.717, 1.165) is 10.3 Å². The number of aryl methyl sites for hydroxylation is 1. The first-order valence-corrected chi connectivity index (χ1v) is 11.5. The van der Waals surface area contributed by atoms with Crippen LogP contribution in [0.25, 0.3) is 10.8 Å². The number of carbonyl (C=O) groups excluding carboxylic acids is 3. The van der Waals surface area contributed by atoms with Gasteiger partial charge in [-0.05, 0) is 60.8 Å². The number of benzene rings is 4. The Morgan fingerprint density at radius 2 is 1.42 bits per heavy atom. The highest BCUT2D eigenvalue weighted by molar-refractivity contribution is 8.00. The molecule has 1 aliphatic heterocycles. The third kappa shape index (κ3) is 4.01. The maximum absolute atomic E-state index is 13.2. The molecule has 0 aliphatic carbocycles. The molecule has 4 aromatic rings. The highest BCUT2D eigenvalue weighted by Crippen LogP contribution is 2.33. The molecule has 1 aliphatic rings. The topological polar surface area (TPSA) is 66.5 Å². The van der Waals surface area contributed by atoms with Crippen LogP contribution in [0, 0.1) is 6.92 Å². The van der Waals surface area contributed by atoms with Crippen molar-refractivity contribution >= 4 is 51.6 Å². The van der Waals surface area contributed by atoms with E-state index in [1.54, 1.807) is 36.4 Å². The molecule has 1 heterocycles. The summed E-state index contributed by atoms with van der Waals surface area (Å²) in [6.07, 6.45) is 0. The first kappa shape index (κ1) is 21.0. The number of hydrogen-bond acceptors (Lipinski definition) is 4. The normalized spacial score (nSPS) is 12.8. The quantitative estimate of drug-likeness (QED) is 0.313. The molecule has 0 saturated heterocycles. The zero-order chi connectivity index (χ0) is 22.9. The van der Waals surface area contributed by atoms with Crippen molar-refractivity contribution in [1.29, 1.82) is 0 Å². The molecule has 0 fully saturated rings. The SMILES string of the molecule is Cc1ccc(SCC(=O)Nc2ccc(N3C(=O)c4cccc5cccc(c45)C3=O)cc2)cc1. The van der Waals surface area contributed by atoms with Crippen LogP contribution < -0.4 is 10.2 Å². The third-order valence-electron chi connectivity index (χ3n) is 5.57. The van der Waals surface area contributed by atoms with Gasteiger partial charge in [0.2, 0.25) is 5.91 Å². The van der Waals surface area contributed by atoms with Crippen LogP contribution in [0.15, 0.2) is 89.8 Å². The standard InChI is InChI=1S/C27H20N2O3S/c1-17-8-14-21(15-9-17)33-16-24(30)28-19-10-12-20(13-11-19)29-26(31)22-6-2-4-18-5-3-7-23(25(18)22)27(29)32/h2-15H,16H2,1H3,(H,28,30). The van der Waals surface area contributed by atoms with Gasteiger partial charge in [-0.1, -0.05) is 42.0 Å². The molecular formula is C27H20N2O3S. The van der Waals surface area contributed by atoms with E-state index in [1.807, 2.05) is 55.5 Å². The molecule has 0 radical (unpaired) electrons. The molecular weight excluding hydrogens is 432 g/mol. The number of anilines is 2. The second-order valence-electron chi connectivity index (χ2n) is 7.85. The Morgan fingerprint density at radius 3 is 2.03 bits per heavy atom. The summed E-state index contributed by atoms with van der Waals surface area (Å²) >= 11 is 1.46. The maximum Gasteiger partial charge on any atom is 0.265 e. The van der Waals surface area contributed by atoms with Gasteiger partial charge >= 0.3 is 0 Å². The van der Waals surface area contributed by atoms with Crippen molar-refractivity contribution in [3.63, 3.8) is 0 Å². The van der Waals surface area contributed by atoms with Crippen LogP contribution in [0.2, 0.25) is 0 Å². The van der Waals surface area contributed by atoms with E-state index in [2.05, 4.69) is 5.32 Å². The van der Waals surface area contributed by atoms with Crippen LogP contribution in [0.4, 0.5) is 11.4 Å². The molecule has 33 heavy (non-hydrogen) atoms. The lowest BCUT2D eigenvalue weighted by molar-refractivity contribution is -0.113. The number of hydrogen-bond donors (Lipinski definition) is 1. The summed E-state index contributed by atoms with van der Waals surface area (Å²) in [6.45, 7) is 2.02. The summed E-state index contributed by atoms with van der Waals surface area (Å²) < 4.78 is 0. The Labute approximate surface area is 195 Å². The molecule has 0 saturated carbocycles. The lowest BCUT2D eigenvalue weighted by Crippen LogP contribution is -2.40. The van der Waals surface area contributed by atoms with Crippen LogP contribution in [-0.4, -0.2) is 23.5 Å². The maximum atomic E-state index is 13.2. The van der Waals surface area contributed by atoms with Crippen LogP contribution in [-0.2, 0) is 4.79 Å². The first-order valence-electron chi connectivity index (χ1n) is 10.5. The summed E-state index contributed by atoms with van der Waals surface area (Å²) in [5.41, 5.74) is 3.26. The highest BCUT2D eigenvalue weighted by Gasteiger charge is 2.33. The van der Waals surface area contributed by atoms with Crippen molar-refractivity contribution in [2.75, 3.05) is 16.0 Å². The van der Waals surface area contributed by atoms with E-state index in [4.69, 9.17) is 0 Å². The molecule has 6 heteroatoms. The zero-order valence-corrected chi connectivity index (χ0v) is 18.7. The Bertz CT molecular complexity index is 1340. The van der Waals surface area contributed by atoms with Crippen molar-refractivity contribution in [3.05, 3.63) is 102 Å². The monoisotopic (exact) mass is 452 g/mol. The van der Waals surface area contributed by atoms with Gasteiger partial charge in [-0.15, -0.1) is 11.8 Å².